The first-order chi connectivity index (χ1) is 14.6. The number of ketones is 2. The summed E-state index contributed by atoms with van der Waals surface area (Å²) in [5.74, 6) is -2.09. The molecule has 5 nitrogen and oxygen atoms in total. The maximum absolute atomic E-state index is 13.4. The third-order valence-electron chi connectivity index (χ3n) is 5.43. The number of amides is 1. The van der Waals surface area contributed by atoms with Crippen LogP contribution >= 0.6 is 0 Å². The summed E-state index contributed by atoms with van der Waals surface area (Å²) in [6, 6.07) is 15.3. The number of ether oxygens (including phenoxy) is 1. The Morgan fingerprint density at radius 2 is 1.77 bits per heavy atom. The molecule has 1 amide bonds. The van der Waals surface area contributed by atoms with Crippen molar-refractivity contribution in [1.29, 1.82) is 0 Å². The molecular formula is C25H23NO4. The standard InChI is InChI=1S/C25H23NO4/c1-2-30-20-15-13-18(14-16-20)23(27)21-22(17-9-5-3-6-10-17)26(25(29)24(21)28)19-11-7-4-8-12-19/h3,5-7,9-16,21-22H,2,4,8H2,1H3. The first-order valence-electron chi connectivity index (χ1n) is 10.2. The van der Waals surface area contributed by atoms with E-state index in [1.54, 1.807) is 24.3 Å². The number of Topliss-reactive ketones (excluding diaryl/α,β-unsaturated/α-hetero) is 2. The smallest absolute Gasteiger partial charge is 0.295 e. The Balaban J connectivity index is 1.75. The molecule has 2 unspecified atom stereocenters. The number of hydrogen-bond donors (Lipinski definition) is 0. The largest absolute Gasteiger partial charge is 0.494 e. The van der Waals surface area contributed by atoms with Gasteiger partial charge in [0.15, 0.2) is 5.78 Å². The van der Waals surface area contributed by atoms with E-state index in [0.717, 1.165) is 18.4 Å². The van der Waals surface area contributed by atoms with E-state index in [2.05, 4.69) is 0 Å². The zero-order valence-corrected chi connectivity index (χ0v) is 16.8. The van der Waals surface area contributed by atoms with Gasteiger partial charge < -0.3 is 4.74 Å². The predicted octanol–water partition coefficient (Wildman–Crippen LogP) is 4.27. The first-order valence-corrected chi connectivity index (χ1v) is 10.2. The van der Waals surface area contributed by atoms with Crippen molar-refractivity contribution in [1.82, 2.24) is 4.90 Å². The molecule has 0 N–H and O–H groups in total. The highest BCUT2D eigenvalue weighted by atomic mass is 16.5. The molecule has 4 rings (SSSR count). The molecule has 30 heavy (non-hydrogen) atoms. The fourth-order valence-electron chi connectivity index (χ4n) is 4.04. The van der Waals surface area contributed by atoms with Gasteiger partial charge in [-0.1, -0.05) is 42.5 Å². The van der Waals surface area contributed by atoms with Gasteiger partial charge in [0.2, 0.25) is 5.78 Å². The molecule has 152 valence electrons. The normalized spacial score (nSPS) is 21.0. The molecule has 0 aromatic heterocycles. The van der Waals surface area contributed by atoms with Crippen LogP contribution in [-0.4, -0.2) is 29.0 Å². The quantitative estimate of drug-likeness (QED) is 0.412. The summed E-state index contributed by atoms with van der Waals surface area (Å²) < 4.78 is 5.44. The molecule has 1 heterocycles. The van der Waals surface area contributed by atoms with Crippen molar-refractivity contribution < 1.29 is 19.1 Å². The van der Waals surface area contributed by atoms with Gasteiger partial charge in [-0.3, -0.25) is 19.3 Å². The molecule has 2 aromatic rings. The molecule has 1 fully saturated rings. The van der Waals surface area contributed by atoms with Gasteiger partial charge in [0.25, 0.3) is 5.91 Å². The van der Waals surface area contributed by atoms with Crippen LogP contribution in [0.2, 0.25) is 0 Å². The number of hydrogen-bond acceptors (Lipinski definition) is 4. The van der Waals surface area contributed by atoms with Crippen LogP contribution in [0.15, 0.2) is 78.5 Å². The van der Waals surface area contributed by atoms with E-state index < -0.39 is 23.7 Å². The van der Waals surface area contributed by atoms with Crippen molar-refractivity contribution in [3.05, 3.63) is 89.6 Å². The van der Waals surface area contributed by atoms with Crippen molar-refractivity contribution in [3.63, 3.8) is 0 Å². The molecule has 2 aliphatic rings. The monoisotopic (exact) mass is 401 g/mol. The summed E-state index contributed by atoms with van der Waals surface area (Å²) >= 11 is 0. The second-order valence-corrected chi connectivity index (χ2v) is 7.30. The molecule has 1 saturated heterocycles. The van der Waals surface area contributed by atoms with Gasteiger partial charge in [0.05, 0.1) is 12.6 Å². The van der Waals surface area contributed by atoms with E-state index in [0.29, 0.717) is 23.6 Å². The van der Waals surface area contributed by atoms with Crippen molar-refractivity contribution >= 4 is 17.5 Å². The van der Waals surface area contributed by atoms with Gasteiger partial charge in [0, 0.05) is 11.3 Å². The van der Waals surface area contributed by atoms with Crippen LogP contribution in [-0.2, 0) is 9.59 Å². The minimum Gasteiger partial charge on any atom is -0.494 e. The molecule has 0 spiro atoms. The average molecular weight is 401 g/mol. The van der Waals surface area contributed by atoms with Crippen molar-refractivity contribution in [3.8, 4) is 5.75 Å². The van der Waals surface area contributed by atoms with Gasteiger partial charge in [-0.05, 0) is 55.7 Å². The Hall–Kier alpha value is -3.47. The van der Waals surface area contributed by atoms with Crippen LogP contribution in [0.1, 0.15) is 41.7 Å². The Kier molecular flexibility index (Phi) is 5.61. The van der Waals surface area contributed by atoms with Gasteiger partial charge in [0.1, 0.15) is 11.7 Å². The van der Waals surface area contributed by atoms with Crippen LogP contribution < -0.4 is 4.74 Å². The third-order valence-corrected chi connectivity index (χ3v) is 5.43. The van der Waals surface area contributed by atoms with Gasteiger partial charge in [-0.25, -0.2) is 0 Å². The van der Waals surface area contributed by atoms with E-state index in [1.807, 2.05) is 55.5 Å². The number of allylic oxidation sites excluding steroid dienone is 3. The summed E-state index contributed by atoms with van der Waals surface area (Å²) in [4.78, 5) is 40.9. The minimum absolute atomic E-state index is 0.354. The predicted molar refractivity (Wildman–Crippen MR) is 113 cm³/mol. The Morgan fingerprint density at radius 3 is 2.40 bits per heavy atom. The molecular weight excluding hydrogens is 378 g/mol. The van der Waals surface area contributed by atoms with E-state index in [-0.39, 0.29) is 5.78 Å². The van der Waals surface area contributed by atoms with E-state index in [1.165, 1.54) is 4.90 Å². The topological polar surface area (TPSA) is 63.7 Å². The maximum Gasteiger partial charge on any atom is 0.295 e. The highest BCUT2D eigenvalue weighted by Crippen LogP contribution is 2.41. The molecule has 1 aliphatic carbocycles. The Bertz CT molecular complexity index is 1020. The average Bonchev–Trinajstić information content (AvgIpc) is 3.06. The van der Waals surface area contributed by atoms with Crippen LogP contribution in [0.5, 0.6) is 5.75 Å². The molecule has 0 bridgehead atoms. The molecule has 2 aromatic carbocycles. The van der Waals surface area contributed by atoms with Crippen molar-refractivity contribution in [2.45, 2.75) is 25.8 Å². The first kappa shape index (κ1) is 19.8. The number of benzene rings is 2. The Labute approximate surface area is 175 Å². The minimum atomic E-state index is -1.09. The molecule has 2 atom stereocenters. The number of carbonyl (C=O) groups is 3. The second kappa shape index (κ2) is 8.49. The van der Waals surface area contributed by atoms with E-state index >= 15 is 0 Å². The van der Waals surface area contributed by atoms with Gasteiger partial charge >= 0.3 is 0 Å². The number of carbonyl (C=O) groups excluding carboxylic acids is 3. The van der Waals surface area contributed by atoms with Gasteiger partial charge in [-0.2, -0.15) is 0 Å². The highest BCUT2D eigenvalue weighted by molar-refractivity contribution is 6.44. The molecule has 1 aliphatic heterocycles. The summed E-state index contributed by atoms with van der Waals surface area (Å²) in [7, 11) is 0. The van der Waals surface area contributed by atoms with Gasteiger partial charge in [-0.15, -0.1) is 0 Å². The SMILES string of the molecule is CCOc1ccc(C(=O)C2C(=O)C(=O)N(C3=CCCC=C3)C2c2ccccc2)cc1. The lowest BCUT2D eigenvalue weighted by Crippen LogP contribution is -2.30. The maximum atomic E-state index is 13.4. The molecule has 0 saturated carbocycles. The van der Waals surface area contributed by atoms with Crippen LogP contribution in [0.25, 0.3) is 0 Å². The number of nitrogens with zero attached hydrogens (tertiary/aromatic N) is 1. The lowest BCUT2D eigenvalue weighted by Gasteiger charge is -2.29. The van der Waals surface area contributed by atoms with Crippen LogP contribution in [0, 0.1) is 5.92 Å². The van der Waals surface area contributed by atoms with Crippen LogP contribution in [0.3, 0.4) is 0 Å². The lowest BCUT2D eigenvalue weighted by molar-refractivity contribution is -0.139. The number of likely N-dealkylation sites (tertiary alicyclic amines) is 1. The second-order valence-electron chi connectivity index (χ2n) is 7.30. The lowest BCUT2D eigenvalue weighted by atomic mass is 9.86. The summed E-state index contributed by atoms with van der Waals surface area (Å²) in [5.41, 5.74) is 1.83. The summed E-state index contributed by atoms with van der Waals surface area (Å²) in [5, 5.41) is 0. The molecule has 5 heteroatoms. The van der Waals surface area contributed by atoms with Crippen molar-refractivity contribution in [2.24, 2.45) is 5.92 Å². The zero-order chi connectivity index (χ0) is 21.1. The zero-order valence-electron chi connectivity index (χ0n) is 16.8. The van der Waals surface area contributed by atoms with Crippen molar-refractivity contribution in [2.75, 3.05) is 6.61 Å². The summed E-state index contributed by atoms with van der Waals surface area (Å²) in [6.45, 7) is 2.41. The van der Waals surface area contributed by atoms with Crippen LogP contribution in [0.4, 0.5) is 0 Å². The third kappa shape index (κ3) is 3.59. The van der Waals surface area contributed by atoms with E-state index in [9.17, 15) is 14.4 Å². The van der Waals surface area contributed by atoms with E-state index in [4.69, 9.17) is 4.74 Å². The fourth-order valence-corrected chi connectivity index (χ4v) is 4.04. The highest BCUT2D eigenvalue weighted by Gasteiger charge is 2.52. The number of rotatable bonds is 6. The molecule has 0 radical (unpaired) electrons. The fraction of sp³-hybridized carbons (Fsp3) is 0.240. The summed E-state index contributed by atoms with van der Waals surface area (Å²) in [6.07, 6.45) is 7.47. The Morgan fingerprint density at radius 1 is 1.03 bits per heavy atom.